The smallest absolute Gasteiger partial charge is 0.410 e. The molecule has 2 amide bonds. The van der Waals surface area contributed by atoms with Gasteiger partial charge >= 0.3 is 6.09 Å². The molecule has 2 aliphatic heterocycles. The minimum atomic E-state index is -1.04. The molecular weight excluding hydrogens is 386 g/mol. The first kappa shape index (κ1) is 21.9. The summed E-state index contributed by atoms with van der Waals surface area (Å²) in [6.45, 7) is 8.12. The van der Waals surface area contributed by atoms with Gasteiger partial charge in [-0.3, -0.25) is 9.69 Å². The molecule has 8 nitrogen and oxygen atoms in total. The van der Waals surface area contributed by atoms with E-state index in [1.807, 2.05) is 13.8 Å². The molecule has 0 aromatic heterocycles. The van der Waals surface area contributed by atoms with Crippen molar-refractivity contribution >= 4 is 12.0 Å². The van der Waals surface area contributed by atoms with Crippen molar-refractivity contribution in [2.75, 3.05) is 13.2 Å². The summed E-state index contributed by atoms with van der Waals surface area (Å²) in [5.41, 5.74) is 0.00872. The minimum absolute atomic E-state index is 0.203. The average molecular weight is 415 g/mol. The lowest BCUT2D eigenvalue weighted by atomic mass is 9.85. The van der Waals surface area contributed by atoms with E-state index in [9.17, 15) is 20.0 Å². The van der Waals surface area contributed by atoms with Crippen LogP contribution in [0.15, 0.2) is 18.2 Å². The fourth-order valence-corrected chi connectivity index (χ4v) is 3.85. The second-order valence-corrected chi connectivity index (χ2v) is 8.82. The summed E-state index contributed by atoms with van der Waals surface area (Å²) < 4.78 is 11.2. The van der Waals surface area contributed by atoms with Crippen LogP contribution in [0.25, 0.3) is 0 Å². The summed E-state index contributed by atoms with van der Waals surface area (Å²) in [6.07, 6.45) is -0.311. The van der Waals surface area contributed by atoms with Crippen molar-refractivity contribution in [3.63, 3.8) is 0 Å². The number of nitrogens with one attached hydrogen (secondary N) is 1. The summed E-state index contributed by atoms with van der Waals surface area (Å²) in [7, 11) is 0. The molecule has 30 heavy (non-hydrogen) atoms. The van der Waals surface area contributed by atoms with Crippen molar-refractivity contribution in [3.05, 3.63) is 29.3 Å². The second-order valence-electron chi connectivity index (χ2n) is 8.82. The second kappa shape index (κ2) is 8.52. The summed E-state index contributed by atoms with van der Waals surface area (Å²) >= 11 is 0. The molecule has 1 aromatic carbocycles. The molecule has 162 valence electrons. The van der Waals surface area contributed by atoms with Gasteiger partial charge < -0.3 is 19.9 Å². The highest BCUT2D eigenvalue weighted by Gasteiger charge is 2.45. The van der Waals surface area contributed by atoms with Gasteiger partial charge in [-0.05, 0) is 50.8 Å². The number of likely N-dealkylation sites (tertiary alicyclic amines) is 1. The van der Waals surface area contributed by atoms with Crippen molar-refractivity contribution in [2.45, 2.75) is 64.3 Å². The molecule has 0 bridgehead atoms. The van der Waals surface area contributed by atoms with Crippen LogP contribution >= 0.6 is 0 Å². The minimum Gasteiger partial charge on any atom is -0.485 e. The Morgan fingerprint density at radius 1 is 1.43 bits per heavy atom. The Morgan fingerprint density at radius 2 is 2.17 bits per heavy atom. The number of carbonyl (C=O) groups is 2. The van der Waals surface area contributed by atoms with Gasteiger partial charge in [0.2, 0.25) is 5.91 Å². The van der Waals surface area contributed by atoms with Crippen molar-refractivity contribution in [1.82, 2.24) is 10.2 Å². The molecule has 8 heteroatoms. The maximum absolute atomic E-state index is 13.1. The molecule has 0 radical (unpaired) electrons. The Hall–Kier alpha value is -2.79. The monoisotopic (exact) mass is 415 g/mol. The first-order valence-corrected chi connectivity index (χ1v) is 10.3. The molecule has 1 fully saturated rings. The van der Waals surface area contributed by atoms with E-state index in [-0.39, 0.29) is 11.8 Å². The molecular formula is C22H29N3O5. The predicted octanol–water partition coefficient (Wildman–Crippen LogP) is 2.50. The zero-order valence-corrected chi connectivity index (χ0v) is 17.8. The third-order valence-electron chi connectivity index (χ3n) is 5.50. The summed E-state index contributed by atoms with van der Waals surface area (Å²) in [5, 5.41) is 23.0. The number of nitriles is 1. The molecule has 0 aliphatic carbocycles. The van der Waals surface area contributed by atoms with Crippen LogP contribution in [-0.4, -0.2) is 52.9 Å². The van der Waals surface area contributed by atoms with Crippen molar-refractivity contribution < 1.29 is 24.2 Å². The van der Waals surface area contributed by atoms with Crippen LogP contribution in [0.5, 0.6) is 5.75 Å². The Balaban J connectivity index is 1.81. The van der Waals surface area contributed by atoms with Crippen LogP contribution in [-0.2, 0) is 9.53 Å². The molecule has 0 spiro atoms. The molecule has 2 aliphatic rings. The predicted molar refractivity (Wildman–Crippen MR) is 109 cm³/mol. The number of aliphatic hydroxyl groups excluding tert-OH is 1. The average Bonchev–Trinajstić information content (AvgIpc) is 3.19. The highest BCUT2D eigenvalue weighted by Crippen LogP contribution is 2.40. The fourth-order valence-electron chi connectivity index (χ4n) is 3.85. The molecule has 2 heterocycles. The zero-order chi connectivity index (χ0) is 22.1. The topological polar surface area (TPSA) is 112 Å². The van der Waals surface area contributed by atoms with Crippen molar-refractivity contribution in [2.24, 2.45) is 5.92 Å². The van der Waals surface area contributed by atoms with Crippen molar-refractivity contribution in [3.8, 4) is 11.8 Å². The lowest BCUT2D eigenvalue weighted by Gasteiger charge is -2.42. The van der Waals surface area contributed by atoms with Crippen molar-refractivity contribution in [1.29, 1.82) is 5.26 Å². The molecule has 1 saturated heterocycles. The number of carbonyl (C=O) groups excluding carboxylic acids is 2. The molecule has 3 atom stereocenters. The van der Waals surface area contributed by atoms with Gasteiger partial charge in [-0.1, -0.05) is 13.8 Å². The maximum atomic E-state index is 13.1. The number of hydrogen-bond acceptors (Lipinski definition) is 6. The zero-order valence-electron chi connectivity index (χ0n) is 17.8. The van der Waals surface area contributed by atoms with E-state index in [0.717, 1.165) is 0 Å². The first-order chi connectivity index (χ1) is 14.1. The lowest BCUT2D eigenvalue weighted by molar-refractivity contribution is -0.129. The highest BCUT2D eigenvalue weighted by atomic mass is 16.6. The van der Waals surface area contributed by atoms with Gasteiger partial charge in [0, 0.05) is 12.1 Å². The summed E-state index contributed by atoms with van der Waals surface area (Å²) in [6, 6.07) is 5.56. The van der Waals surface area contributed by atoms with E-state index >= 15 is 0 Å². The van der Waals surface area contributed by atoms with Crippen LogP contribution < -0.4 is 10.1 Å². The number of amides is 2. The Morgan fingerprint density at radius 3 is 2.83 bits per heavy atom. The number of fused-ring (bicyclic) bond motifs is 1. The Labute approximate surface area is 176 Å². The maximum Gasteiger partial charge on any atom is 0.410 e. The van der Waals surface area contributed by atoms with E-state index in [1.165, 1.54) is 4.90 Å². The molecule has 3 rings (SSSR count). The van der Waals surface area contributed by atoms with E-state index in [2.05, 4.69) is 11.4 Å². The molecule has 2 N–H and O–H groups in total. The quantitative estimate of drug-likeness (QED) is 0.781. The van der Waals surface area contributed by atoms with Crippen LogP contribution in [0, 0.1) is 17.2 Å². The number of aliphatic hydroxyl groups is 1. The number of nitrogens with zero attached hydrogens (tertiary/aromatic N) is 2. The van der Waals surface area contributed by atoms with Gasteiger partial charge in [-0.2, -0.15) is 5.26 Å². The number of ether oxygens (including phenoxy) is 2. The van der Waals surface area contributed by atoms with E-state index in [1.54, 1.807) is 32.0 Å². The lowest BCUT2D eigenvalue weighted by Crippen LogP contribution is -2.56. The van der Waals surface area contributed by atoms with Gasteiger partial charge in [-0.25, -0.2) is 4.79 Å². The van der Waals surface area contributed by atoms with E-state index < -0.39 is 29.9 Å². The fraction of sp³-hybridized carbons (Fsp3) is 0.591. The van der Waals surface area contributed by atoms with Gasteiger partial charge in [0.1, 0.15) is 23.5 Å². The van der Waals surface area contributed by atoms with Crippen LogP contribution in [0.4, 0.5) is 4.79 Å². The SMILES string of the molecule is CC(C)COC(=O)N1CCCC1C(=O)NC1c2cc(C#N)ccc2OC(C)(C)C1O. The first-order valence-electron chi connectivity index (χ1n) is 10.3. The van der Waals surface area contributed by atoms with Gasteiger partial charge in [0.25, 0.3) is 0 Å². The summed E-state index contributed by atoms with van der Waals surface area (Å²) in [4.78, 5) is 27.0. The van der Waals surface area contributed by atoms with Crippen LogP contribution in [0.1, 0.15) is 57.7 Å². The van der Waals surface area contributed by atoms with Gasteiger partial charge in [-0.15, -0.1) is 0 Å². The van der Waals surface area contributed by atoms with Crippen LogP contribution in [0.2, 0.25) is 0 Å². The molecule has 3 unspecified atom stereocenters. The largest absolute Gasteiger partial charge is 0.485 e. The van der Waals surface area contributed by atoms with Gasteiger partial charge in [0.05, 0.1) is 24.3 Å². The van der Waals surface area contributed by atoms with Crippen LogP contribution in [0.3, 0.4) is 0 Å². The number of benzene rings is 1. The van der Waals surface area contributed by atoms with E-state index in [0.29, 0.717) is 42.9 Å². The standard InChI is InChI=1S/C22H29N3O5/c1-13(2)12-29-21(28)25-9-5-6-16(25)20(27)24-18-15-10-14(11-23)7-8-17(15)30-22(3,4)19(18)26/h7-8,10,13,16,18-19,26H,5-6,9,12H2,1-4H3,(H,24,27). The molecule has 0 saturated carbocycles. The summed E-state index contributed by atoms with van der Waals surface area (Å²) in [5.74, 6) is 0.354. The third kappa shape index (κ3) is 4.36. The Bertz CT molecular complexity index is 861. The molecule has 1 aromatic rings. The number of rotatable bonds is 4. The Kier molecular flexibility index (Phi) is 6.22. The van der Waals surface area contributed by atoms with E-state index in [4.69, 9.17) is 9.47 Å². The number of hydrogen-bond donors (Lipinski definition) is 2. The third-order valence-corrected chi connectivity index (χ3v) is 5.50. The normalized spacial score (nSPS) is 24.6. The van der Waals surface area contributed by atoms with Gasteiger partial charge in [0.15, 0.2) is 0 Å². The highest BCUT2D eigenvalue weighted by molar-refractivity contribution is 5.86.